The second-order valence-corrected chi connectivity index (χ2v) is 7.91. The van der Waals surface area contributed by atoms with Crippen LogP contribution < -0.4 is 16.0 Å². The SMILES string of the molecule is Cc1c(NC[C@@H](C)Nc2cnc(C(C)(C)O)cn2)nnc(Nc2ccccc2)c1C. The van der Waals surface area contributed by atoms with E-state index in [9.17, 15) is 5.11 Å². The van der Waals surface area contributed by atoms with Crippen molar-refractivity contribution in [2.75, 3.05) is 22.5 Å². The summed E-state index contributed by atoms with van der Waals surface area (Å²) in [7, 11) is 0. The number of hydrogen-bond acceptors (Lipinski definition) is 8. The average molecular weight is 408 g/mol. The van der Waals surface area contributed by atoms with Crippen LogP contribution in [0.2, 0.25) is 0 Å². The topological polar surface area (TPSA) is 108 Å². The van der Waals surface area contributed by atoms with Gasteiger partial charge in [-0.3, -0.25) is 4.98 Å². The molecule has 0 spiro atoms. The Labute approximate surface area is 177 Å². The minimum Gasteiger partial charge on any atom is -0.384 e. The Bertz CT molecular complexity index is 969. The van der Waals surface area contributed by atoms with Crippen molar-refractivity contribution in [3.63, 3.8) is 0 Å². The van der Waals surface area contributed by atoms with Crippen LogP contribution in [-0.4, -0.2) is 37.9 Å². The first kappa shape index (κ1) is 21.4. The summed E-state index contributed by atoms with van der Waals surface area (Å²) in [6.07, 6.45) is 3.21. The van der Waals surface area contributed by atoms with Crippen LogP contribution in [0.1, 0.15) is 37.6 Å². The first-order chi connectivity index (χ1) is 14.2. The second-order valence-electron chi connectivity index (χ2n) is 7.91. The van der Waals surface area contributed by atoms with Gasteiger partial charge in [-0.2, -0.15) is 0 Å². The number of nitrogens with one attached hydrogen (secondary N) is 3. The highest BCUT2D eigenvalue weighted by atomic mass is 16.3. The molecule has 0 fully saturated rings. The molecule has 0 radical (unpaired) electrons. The molecule has 0 saturated carbocycles. The molecule has 0 bridgehead atoms. The smallest absolute Gasteiger partial charge is 0.156 e. The Hall–Kier alpha value is -3.26. The third kappa shape index (κ3) is 5.42. The molecule has 1 aromatic carbocycles. The van der Waals surface area contributed by atoms with E-state index in [-0.39, 0.29) is 6.04 Å². The second kappa shape index (κ2) is 9.04. The van der Waals surface area contributed by atoms with E-state index < -0.39 is 5.60 Å². The van der Waals surface area contributed by atoms with Gasteiger partial charge in [0.1, 0.15) is 11.4 Å². The molecular formula is C22H29N7O. The van der Waals surface area contributed by atoms with E-state index >= 15 is 0 Å². The van der Waals surface area contributed by atoms with Gasteiger partial charge in [0.25, 0.3) is 0 Å². The Morgan fingerprint density at radius 3 is 2.27 bits per heavy atom. The number of benzene rings is 1. The van der Waals surface area contributed by atoms with Gasteiger partial charge in [-0.15, -0.1) is 10.2 Å². The van der Waals surface area contributed by atoms with Crippen LogP contribution in [0, 0.1) is 13.8 Å². The number of nitrogens with zero attached hydrogens (tertiary/aromatic N) is 4. The highest BCUT2D eigenvalue weighted by Gasteiger charge is 2.18. The van der Waals surface area contributed by atoms with Crippen LogP contribution >= 0.6 is 0 Å². The van der Waals surface area contributed by atoms with Crippen molar-refractivity contribution in [2.24, 2.45) is 0 Å². The fraction of sp³-hybridized carbons (Fsp3) is 0.364. The monoisotopic (exact) mass is 407 g/mol. The maximum Gasteiger partial charge on any atom is 0.156 e. The quantitative estimate of drug-likeness (QED) is 0.447. The molecule has 0 aliphatic carbocycles. The lowest BCUT2D eigenvalue weighted by atomic mass is 10.1. The van der Waals surface area contributed by atoms with E-state index in [4.69, 9.17) is 0 Å². The molecule has 1 atom stereocenters. The predicted molar refractivity (Wildman–Crippen MR) is 120 cm³/mol. The molecule has 30 heavy (non-hydrogen) atoms. The molecule has 0 aliphatic heterocycles. The van der Waals surface area contributed by atoms with Crippen molar-refractivity contribution >= 4 is 23.1 Å². The molecule has 8 nitrogen and oxygen atoms in total. The van der Waals surface area contributed by atoms with Crippen LogP contribution in [0.25, 0.3) is 0 Å². The molecule has 0 saturated heterocycles. The summed E-state index contributed by atoms with van der Waals surface area (Å²) in [5.74, 6) is 2.15. The lowest BCUT2D eigenvalue weighted by Crippen LogP contribution is -2.26. The normalized spacial score (nSPS) is 12.3. The van der Waals surface area contributed by atoms with Gasteiger partial charge in [0.05, 0.1) is 18.1 Å². The molecular weight excluding hydrogens is 378 g/mol. The zero-order chi connectivity index (χ0) is 21.7. The van der Waals surface area contributed by atoms with Crippen molar-refractivity contribution in [3.05, 3.63) is 59.5 Å². The molecule has 3 rings (SSSR count). The maximum atomic E-state index is 9.97. The van der Waals surface area contributed by atoms with E-state index in [1.165, 1.54) is 0 Å². The Morgan fingerprint density at radius 1 is 0.967 bits per heavy atom. The van der Waals surface area contributed by atoms with Crippen LogP contribution in [0.3, 0.4) is 0 Å². The minimum absolute atomic E-state index is 0.0795. The third-order valence-corrected chi connectivity index (χ3v) is 4.81. The summed E-state index contributed by atoms with van der Waals surface area (Å²) in [4.78, 5) is 8.59. The number of aromatic nitrogens is 4. The Kier molecular flexibility index (Phi) is 6.47. The summed E-state index contributed by atoms with van der Waals surface area (Å²) in [5.41, 5.74) is 2.60. The number of para-hydroxylation sites is 1. The highest BCUT2D eigenvalue weighted by molar-refractivity contribution is 5.63. The number of anilines is 4. The Balaban J connectivity index is 1.59. The van der Waals surface area contributed by atoms with E-state index in [1.54, 1.807) is 26.2 Å². The lowest BCUT2D eigenvalue weighted by Gasteiger charge is -2.19. The van der Waals surface area contributed by atoms with Gasteiger partial charge in [-0.25, -0.2) is 4.98 Å². The van der Waals surface area contributed by atoms with Gasteiger partial charge >= 0.3 is 0 Å². The van der Waals surface area contributed by atoms with E-state index in [1.807, 2.05) is 51.1 Å². The molecule has 2 aromatic heterocycles. The van der Waals surface area contributed by atoms with Gasteiger partial charge in [0, 0.05) is 23.8 Å². The molecule has 0 aliphatic rings. The Morgan fingerprint density at radius 2 is 1.63 bits per heavy atom. The standard InChI is InChI=1S/C22H29N7O/c1-14(26-19-13-23-18(12-24-19)22(4,5)30)11-25-20-15(2)16(3)21(29-28-20)27-17-9-7-6-8-10-17/h6-10,12-14,30H,11H2,1-5H3,(H,24,26)(H,25,28)(H,27,29)/t14-/m1/s1. The molecule has 0 unspecified atom stereocenters. The summed E-state index contributed by atoms with van der Waals surface area (Å²) >= 11 is 0. The van der Waals surface area contributed by atoms with Crippen LogP contribution in [0.5, 0.6) is 0 Å². The first-order valence-corrected chi connectivity index (χ1v) is 9.95. The first-order valence-electron chi connectivity index (χ1n) is 9.95. The van der Waals surface area contributed by atoms with Crippen LogP contribution in [-0.2, 0) is 5.60 Å². The summed E-state index contributed by atoms with van der Waals surface area (Å²) in [5, 5.41) is 28.6. The summed E-state index contributed by atoms with van der Waals surface area (Å²) in [6.45, 7) is 10.1. The van der Waals surface area contributed by atoms with Gasteiger partial charge in [-0.1, -0.05) is 18.2 Å². The largest absolute Gasteiger partial charge is 0.384 e. The minimum atomic E-state index is -1.01. The van der Waals surface area contributed by atoms with Crippen molar-refractivity contribution in [3.8, 4) is 0 Å². The fourth-order valence-electron chi connectivity index (χ4n) is 2.82. The molecule has 0 amide bonds. The zero-order valence-corrected chi connectivity index (χ0v) is 18.1. The van der Waals surface area contributed by atoms with Crippen LogP contribution in [0.4, 0.5) is 23.1 Å². The van der Waals surface area contributed by atoms with Crippen molar-refractivity contribution in [1.29, 1.82) is 0 Å². The molecule has 4 N–H and O–H groups in total. The number of rotatable bonds is 8. The number of hydrogen-bond donors (Lipinski definition) is 4. The predicted octanol–water partition coefficient (Wildman–Crippen LogP) is 3.77. The third-order valence-electron chi connectivity index (χ3n) is 4.81. The van der Waals surface area contributed by atoms with Gasteiger partial charge in [-0.05, 0) is 52.3 Å². The van der Waals surface area contributed by atoms with E-state index in [0.717, 1.165) is 28.5 Å². The van der Waals surface area contributed by atoms with Crippen molar-refractivity contribution in [1.82, 2.24) is 20.2 Å². The van der Waals surface area contributed by atoms with Gasteiger partial charge in [0.2, 0.25) is 0 Å². The van der Waals surface area contributed by atoms with Crippen LogP contribution in [0.15, 0.2) is 42.7 Å². The lowest BCUT2D eigenvalue weighted by molar-refractivity contribution is 0.0734. The van der Waals surface area contributed by atoms with Crippen molar-refractivity contribution < 1.29 is 5.11 Å². The summed E-state index contributed by atoms with van der Waals surface area (Å²) in [6, 6.07) is 10.00. The highest BCUT2D eigenvalue weighted by Crippen LogP contribution is 2.24. The van der Waals surface area contributed by atoms with Gasteiger partial charge < -0.3 is 21.1 Å². The fourth-order valence-corrected chi connectivity index (χ4v) is 2.82. The van der Waals surface area contributed by atoms with E-state index in [2.05, 4.69) is 36.1 Å². The molecule has 158 valence electrons. The average Bonchev–Trinajstić information content (AvgIpc) is 2.71. The molecule has 3 aromatic rings. The summed E-state index contributed by atoms with van der Waals surface area (Å²) < 4.78 is 0. The van der Waals surface area contributed by atoms with Gasteiger partial charge in [0.15, 0.2) is 11.6 Å². The van der Waals surface area contributed by atoms with E-state index in [0.29, 0.717) is 18.1 Å². The molecule has 2 heterocycles. The molecule has 8 heteroatoms. The maximum absolute atomic E-state index is 9.97. The zero-order valence-electron chi connectivity index (χ0n) is 18.1. The van der Waals surface area contributed by atoms with Crippen molar-refractivity contribution in [2.45, 2.75) is 46.3 Å². The number of aliphatic hydroxyl groups is 1.